The van der Waals surface area contributed by atoms with Crippen LogP contribution in [0.1, 0.15) is 52.4 Å². The van der Waals surface area contributed by atoms with E-state index in [4.69, 9.17) is 4.74 Å². The van der Waals surface area contributed by atoms with Gasteiger partial charge in [-0.2, -0.15) is 0 Å². The Kier molecular flexibility index (Phi) is 5.43. The van der Waals surface area contributed by atoms with Crippen LogP contribution in [0.15, 0.2) is 0 Å². The number of hydrogen-bond acceptors (Lipinski definition) is 2. The molecule has 0 amide bonds. The highest BCUT2D eigenvalue weighted by Gasteiger charge is 2.30. The van der Waals surface area contributed by atoms with Crippen LogP contribution in [0.2, 0.25) is 0 Å². The Morgan fingerprint density at radius 1 is 1.22 bits per heavy atom. The molecule has 3 heteroatoms. The maximum absolute atomic E-state index is 13.2. The third kappa shape index (κ3) is 4.20. The van der Waals surface area contributed by atoms with Crippen molar-refractivity contribution in [1.29, 1.82) is 0 Å². The quantitative estimate of drug-likeness (QED) is 0.723. The molecule has 2 fully saturated rings. The highest BCUT2D eigenvalue weighted by molar-refractivity contribution is 4.80. The maximum atomic E-state index is 13.2. The van der Waals surface area contributed by atoms with Crippen molar-refractivity contribution in [2.24, 2.45) is 5.92 Å². The van der Waals surface area contributed by atoms with Crippen LogP contribution in [0.3, 0.4) is 0 Å². The highest BCUT2D eigenvalue weighted by atomic mass is 19.1. The summed E-state index contributed by atoms with van der Waals surface area (Å²) in [5.41, 5.74) is 0. The molecule has 2 aliphatic rings. The Morgan fingerprint density at radius 3 is 2.44 bits per heavy atom. The summed E-state index contributed by atoms with van der Waals surface area (Å²) < 4.78 is 19.3. The molecule has 2 rings (SSSR count). The monoisotopic (exact) mass is 257 g/mol. The van der Waals surface area contributed by atoms with Crippen LogP contribution in [0, 0.1) is 5.92 Å². The van der Waals surface area contributed by atoms with Gasteiger partial charge in [-0.25, -0.2) is 4.39 Å². The van der Waals surface area contributed by atoms with Crippen molar-refractivity contribution in [3.8, 4) is 0 Å². The molecule has 18 heavy (non-hydrogen) atoms. The summed E-state index contributed by atoms with van der Waals surface area (Å²) in [6.07, 6.45) is 6.50. The van der Waals surface area contributed by atoms with Crippen molar-refractivity contribution in [2.75, 3.05) is 19.6 Å². The second-order valence-corrected chi connectivity index (χ2v) is 6.17. The first kappa shape index (κ1) is 14.3. The minimum atomic E-state index is -0.615. The lowest BCUT2D eigenvalue weighted by Gasteiger charge is -2.39. The molecule has 1 unspecified atom stereocenters. The number of rotatable bonds is 6. The van der Waals surface area contributed by atoms with E-state index in [2.05, 4.69) is 11.8 Å². The number of ether oxygens (including phenoxy) is 1. The average Bonchev–Trinajstić information content (AvgIpc) is 2.35. The Labute approximate surface area is 111 Å². The van der Waals surface area contributed by atoms with Crippen molar-refractivity contribution >= 4 is 0 Å². The van der Waals surface area contributed by atoms with E-state index in [1.54, 1.807) is 0 Å². The SMILES string of the molecule is CCC(F)CCN1CCC(O[C@H]2C[C@H](C)C2)CC1. The summed E-state index contributed by atoms with van der Waals surface area (Å²) in [5, 5.41) is 0. The first-order chi connectivity index (χ1) is 8.67. The van der Waals surface area contributed by atoms with Gasteiger partial charge in [-0.1, -0.05) is 13.8 Å². The van der Waals surface area contributed by atoms with E-state index in [1.807, 2.05) is 6.92 Å². The van der Waals surface area contributed by atoms with Crippen molar-refractivity contribution in [2.45, 2.75) is 70.8 Å². The van der Waals surface area contributed by atoms with E-state index in [9.17, 15) is 4.39 Å². The van der Waals surface area contributed by atoms with E-state index in [1.165, 1.54) is 12.8 Å². The molecular formula is C15H28FNO. The van der Waals surface area contributed by atoms with Gasteiger partial charge >= 0.3 is 0 Å². The summed E-state index contributed by atoms with van der Waals surface area (Å²) in [7, 11) is 0. The fraction of sp³-hybridized carbons (Fsp3) is 1.00. The third-order valence-corrected chi connectivity index (χ3v) is 4.45. The van der Waals surface area contributed by atoms with Crippen molar-refractivity contribution in [1.82, 2.24) is 4.90 Å². The number of alkyl halides is 1. The van der Waals surface area contributed by atoms with Crippen LogP contribution < -0.4 is 0 Å². The summed E-state index contributed by atoms with van der Waals surface area (Å²) in [5.74, 6) is 0.866. The topological polar surface area (TPSA) is 12.5 Å². The predicted octanol–water partition coefficient (Wildman–Crippen LogP) is 3.40. The van der Waals surface area contributed by atoms with Gasteiger partial charge < -0.3 is 9.64 Å². The molecule has 0 spiro atoms. The molecule has 1 aliphatic heterocycles. The summed E-state index contributed by atoms with van der Waals surface area (Å²) in [6.45, 7) is 7.31. The van der Waals surface area contributed by atoms with Crippen molar-refractivity contribution < 1.29 is 9.13 Å². The van der Waals surface area contributed by atoms with Crippen molar-refractivity contribution in [3.63, 3.8) is 0 Å². The van der Waals surface area contributed by atoms with Crippen LogP contribution >= 0.6 is 0 Å². The van der Waals surface area contributed by atoms with E-state index in [0.717, 1.165) is 38.4 Å². The molecule has 1 atom stereocenters. The minimum absolute atomic E-state index is 0.464. The fourth-order valence-electron chi connectivity index (χ4n) is 3.01. The van der Waals surface area contributed by atoms with Gasteiger partial charge in [0.1, 0.15) is 6.17 Å². The second kappa shape index (κ2) is 6.85. The molecule has 1 saturated carbocycles. The summed E-state index contributed by atoms with van der Waals surface area (Å²) in [6, 6.07) is 0. The number of nitrogens with zero attached hydrogens (tertiary/aromatic N) is 1. The van der Waals surface area contributed by atoms with Crippen LogP contribution in [-0.2, 0) is 4.74 Å². The Hall–Kier alpha value is -0.150. The standard InChI is InChI=1S/C15H28FNO/c1-3-13(16)4-7-17-8-5-14(6-9-17)18-15-10-12(2)11-15/h12-15H,3-11H2,1-2H3/t12-,13?,15-. The highest BCUT2D eigenvalue weighted by Crippen LogP contribution is 2.31. The lowest BCUT2D eigenvalue weighted by atomic mass is 9.84. The Balaban J connectivity index is 1.56. The molecular weight excluding hydrogens is 229 g/mol. The van der Waals surface area contributed by atoms with Crippen molar-refractivity contribution in [3.05, 3.63) is 0 Å². The molecule has 0 aromatic heterocycles. The molecule has 106 valence electrons. The molecule has 1 aliphatic carbocycles. The second-order valence-electron chi connectivity index (χ2n) is 6.17. The summed E-state index contributed by atoms with van der Waals surface area (Å²) >= 11 is 0. The van der Waals surface area contributed by atoms with Crippen LogP contribution in [0.5, 0.6) is 0 Å². The van der Waals surface area contributed by atoms with Gasteiger partial charge in [-0.05, 0) is 44.4 Å². The van der Waals surface area contributed by atoms with Gasteiger partial charge in [0.05, 0.1) is 12.2 Å². The molecule has 0 N–H and O–H groups in total. The number of piperidine rings is 1. The van der Waals surface area contributed by atoms with Gasteiger partial charge in [0.15, 0.2) is 0 Å². The lowest BCUT2D eigenvalue weighted by molar-refractivity contribution is -0.0907. The van der Waals surface area contributed by atoms with Gasteiger partial charge in [0, 0.05) is 19.6 Å². The van der Waals surface area contributed by atoms with E-state index >= 15 is 0 Å². The van der Waals surface area contributed by atoms with E-state index in [-0.39, 0.29) is 0 Å². The maximum Gasteiger partial charge on any atom is 0.101 e. The van der Waals surface area contributed by atoms with Crippen LogP contribution in [-0.4, -0.2) is 42.9 Å². The predicted molar refractivity (Wildman–Crippen MR) is 72.5 cm³/mol. The third-order valence-electron chi connectivity index (χ3n) is 4.45. The summed E-state index contributed by atoms with van der Waals surface area (Å²) in [4.78, 5) is 2.39. The normalized spacial score (nSPS) is 32.2. The molecule has 1 heterocycles. The first-order valence-corrected chi connectivity index (χ1v) is 7.69. The Bertz CT molecular complexity index is 235. The largest absolute Gasteiger partial charge is 0.375 e. The fourth-order valence-corrected chi connectivity index (χ4v) is 3.01. The molecule has 0 aromatic carbocycles. The molecule has 2 nitrogen and oxygen atoms in total. The average molecular weight is 257 g/mol. The molecule has 0 radical (unpaired) electrons. The van der Waals surface area contributed by atoms with E-state index < -0.39 is 6.17 Å². The zero-order chi connectivity index (χ0) is 13.0. The van der Waals surface area contributed by atoms with Gasteiger partial charge in [-0.3, -0.25) is 0 Å². The molecule has 0 aromatic rings. The van der Waals surface area contributed by atoms with Gasteiger partial charge in [0.2, 0.25) is 0 Å². The van der Waals surface area contributed by atoms with Gasteiger partial charge in [-0.15, -0.1) is 0 Å². The molecule has 0 bridgehead atoms. The number of halogens is 1. The van der Waals surface area contributed by atoms with Crippen LogP contribution in [0.25, 0.3) is 0 Å². The lowest BCUT2D eigenvalue weighted by Crippen LogP contribution is -2.41. The zero-order valence-electron chi connectivity index (χ0n) is 11.9. The minimum Gasteiger partial charge on any atom is -0.375 e. The smallest absolute Gasteiger partial charge is 0.101 e. The van der Waals surface area contributed by atoms with Gasteiger partial charge in [0.25, 0.3) is 0 Å². The Morgan fingerprint density at radius 2 is 1.89 bits per heavy atom. The first-order valence-electron chi connectivity index (χ1n) is 7.69. The van der Waals surface area contributed by atoms with Crippen LogP contribution in [0.4, 0.5) is 4.39 Å². The zero-order valence-corrected chi connectivity index (χ0v) is 11.9. The molecule has 1 saturated heterocycles. The number of hydrogen-bond donors (Lipinski definition) is 0. The van der Waals surface area contributed by atoms with E-state index in [0.29, 0.717) is 25.0 Å². The number of likely N-dealkylation sites (tertiary alicyclic amines) is 1.